The Labute approximate surface area is 106 Å². The second kappa shape index (κ2) is 5.12. The maximum absolute atomic E-state index is 4.24. The third kappa shape index (κ3) is 2.64. The summed E-state index contributed by atoms with van der Waals surface area (Å²) in [4.78, 5) is 8.46. The Bertz CT molecular complexity index is 519. The molecule has 2 heterocycles. The van der Waals surface area contributed by atoms with E-state index in [9.17, 15) is 0 Å². The van der Waals surface area contributed by atoms with Gasteiger partial charge in [0.2, 0.25) is 0 Å². The van der Waals surface area contributed by atoms with Crippen molar-refractivity contribution in [3.8, 4) is 0 Å². The molecular formula is C12H18N6. The molecule has 2 aromatic rings. The molecule has 0 spiro atoms. The van der Waals surface area contributed by atoms with Gasteiger partial charge in [0.05, 0.1) is 6.04 Å². The first-order valence-electron chi connectivity index (χ1n) is 6.00. The molecule has 1 atom stereocenters. The SMILES string of the molecule is CC(C)c1cc(NC(C)c2nncn2C)ncn1. The lowest BCUT2D eigenvalue weighted by atomic mass is 10.1. The molecule has 0 aliphatic carbocycles. The van der Waals surface area contributed by atoms with Crippen LogP contribution in [0.4, 0.5) is 5.82 Å². The second-order valence-corrected chi connectivity index (χ2v) is 4.65. The van der Waals surface area contributed by atoms with Crippen LogP contribution in [0.3, 0.4) is 0 Å². The smallest absolute Gasteiger partial charge is 0.154 e. The Balaban J connectivity index is 2.14. The van der Waals surface area contributed by atoms with Crippen LogP contribution < -0.4 is 5.32 Å². The number of hydrogen-bond donors (Lipinski definition) is 1. The van der Waals surface area contributed by atoms with Gasteiger partial charge in [0.1, 0.15) is 18.5 Å². The summed E-state index contributed by atoms with van der Waals surface area (Å²) in [5.41, 5.74) is 1.03. The van der Waals surface area contributed by atoms with Crippen LogP contribution in [0.25, 0.3) is 0 Å². The van der Waals surface area contributed by atoms with Gasteiger partial charge < -0.3 is 9.88 Å². The highest BCUT2D eigenvalue weighted by Gasteiger charge is 2.12. The average molecular weight is 246 g/mol. The van der Waals surface area contributed by atoms with Gasteiger partial charge in [-0.3, -0.25) is 0 Å². The quantitative estimate of drug-likeness (QED) is 0.892. The van der Waals surface area contributed by atoms with Crippen LogP contribution in [0.5, 0.6) is 0 Å². The number of nitrogens with one attached hydrogen (secondary N) is 1. The number of nitrogens with zero attached hydrogens (tertiary/aromatic N) is 5. The maximum atomic E-state index is 4.24. The van der Waals surface area contributed by atoms with Crippen molar-refractivity contribution in [3.05, 3.63) is 30.2 Å². The highest BCUT2D eigenvalue weighted by molar-refractivity contribution is 5.37. The predicted octanol–water partition coefficient (Wildman–Crippen LogP) is 1.90. The van der Waals surface area contributed by atoms with Gasteiger partial charge in [0.15, 0.2) is 5.82 Å². The van der Waals surface area contributed by atoms with E-state index in [4.69, 9.17) is 0 Å². The molecule has 6 heteroatoms. The van der Waals surface area contributed by atoms with Crippen molar-refractivity contribution in [1.82, 2.24) is 24.7 Å². The van der Waals surface area contributed by atoms with E-state index in [0.717, 1.165) is 17.3 Å². The van der Waals surface area contributed by atoms with Crippen LogP contribution in [0, 0.1) is 0 Å². The summed E-state index contributed by atoms with van der Waals surface area (Å²) >= 11 is 0. The standard InChI is InChI=1S/C12H18N6/c1-8(2)10-5-11(14-6-13-10)16-9(3)12-17-15-7-18(12)4/h5-9H,1-4H3,(H,13,14,16). The fourth-order valence-electron chi connectivity index (χ4n) is 1.74. The van der Waals surface area contributed by atoms with E-state index >= 15 is 0 Å². The molecular weight excluding hydrogens is 228 g/mol. The van der Waals surface area contributed by atoms with E-state index in [1.807, 2.05) is 24.6 Å². The number of anilines is 1. The molecule has 0 saturated carbocycles. The van der Waals surface area contributed by atoms with Gasteiger partial charge in [-0.1, -0.05) is 13.8 Å². The first kappa shape index (κ1) is 12.5. The van der Waals surface area contributed by atoms with Gasteiger partial charge in [-0.15, -0.1) is 10.2 Å². The first-order chi connectivity index (χ1) is 8.58. The van der Waals surface area contributed by atoms with E-state index in [0.29, 0.717) is 5.92 Å². The summed E-state index contributed by atoms with van der Waals surface area (Å²) in [5, 5.41) is 11.3. The van der Waals surface area contributed by atoms with Gasteiger partial charge in [-0.2, -0.15) is 0 Å². The molecule has 1 unspecified atom stereocenters. The monoisotopic (exact) mass is 246 g/mol. The van der Waals surface area contributed by atoms with Crippen molar-refractivity contribution < 1.29 is 0 Å². The molecule has 0 aliphatic rings. The largest absolute Gasteiger partial charge is 0.360 e. The number of hydrogen-bond acceptors (Lipinski definition) is 5. The van der Waals surface area contributed by atoms with Crippen molar-refractivity contribution in [3.63, 3.8) is 0 Å². The van der Waals surface area contributed by atoms with Crippen LogP contribution >= 0.6 is 0 Å². The number of aryl methyl sites for hydroxylation is 1. The summed E-state index contributed by atoms with van der Waals surface area (Å²) in [7, 11) is 1.92. The van der Waals surface area contributed by atoms with Gasteiger partial charge in [0.25, 0.3) is 0 Å². The minimum Gasteiger partial charge on any atom is -0.360 e. The molecule has 0 aromatic carbocycles. The van der Waals surface area contributed by atoms with Crippen molar-refractivity contribution in [2.45, 2.75) is 32.7 Å². The molecule has 1 N–H and O–H groups in total. The molecule has 0 amide bonds. The second-order valence-electron chi connectivity index (χ2n) is 4.65. The topological polar surface area (TPSA) is 68.5 Å². The van der Waals surface area contributed by atoms with E-state index in [1.165, 1.54) is 0 Å². The summed E-state index contributed by atoms with van der Waals surface area (Å²) < 4.78 is 1.89. The molecule has 0 fully saturated rings. The Hall–Kier alpha value is -1.98. The lowest BCUT2D eigenvalue weighted by Gasteiger charge is -2.14. The minimum absolute atomic E-state index is 0.0485. The molecule has 2 rings (SSSR count). The predicted molar refractivity (Wildman–Crippen MR) is 69.2 cm³/mol. The van der Waals surface area contributed by atoms with Crippen molar-refractivity contribution in [2.75, 3.05) is 5.32 Å². The average Bonchev–Trinajstić information content (AvgIpc) is 2.76. The highest BCUT2D eigenvalue weighted by Crippen LogP contribution is 2.18. The summed E-state index contributed by atoms with van der Waals surface area (Å²) in [5.74, 6) is 2.07. The van der Waals surface area contributed by atoms with Gasteiger partial charge in [-0.05, 0) is 12.8 Å². The van der Waals surface area contributed by atoms with Crippen molar-refractivity contribution in [2.24, 2.45) is 7.05 Å². The Kier molecular flexibility index (Phi) is 3.55. The minimum atomic E-state index is 0.0485. The third-order valence-electron chi connectivity index (χ3n) is 2.78. The van der Waals surface area contributed by atoms with E-state index < -0.39 is 0 Å². The third-order valence-corrected chi connectivity index (χ3v) is 2.78. The lowest BCUT2D eigenvalue weighted by molar-refractivity contribution is 0.714. The fourth-order valence-corrected chi connectivity index (χ4v) is 1.74. The number of rotatable bonds is 4. The Morgan fingerprint density at radius 1 is 1.22 bits per heavy atom. The zero-order valence-corrected chi connectivity index (χ0v) is 11.1. The number of aromatic nitrogens is 5. The van der Waals surface area contributed by atoms with Crippen LogP contribution in [0.1, 0.15) is 44.2 Å². The first-order valence-corrected chi connectivity index (χ1v) is 6.00. The van der Waals surface area contributed by atoms with Gasteiger partial charge >= 0.3 is 0 Å². The molecule has 6 nitrogen and oxygen atoms in total. The van der Waals surface area contributed by atoms with Crippen LogP contribution in [0.2, 0.25) is 0 Å². The lowest BCUT2D eigenvalue weighted by Crippen LogP contribution is -2.13. The normalized spacial score (nSPS) is 12.7. The molecule has 0 saturated heterocycles. The summed E-state index contributed by atoms with van der Waals surface area (Å²) in [6.07, 6.45) is 3.27. The Morgan fingerprint density at radius 3 is 2.61 bits per heavy atom. The molecule has 0 bridgehead atoms. The summed E-state index contributed by atoms with van der Waals surface area (Å²) in [6.45, 7) is 6.25. The zero-order valence-electron chi connectivity index (χ0n) is 11.1. The molecule has 18 heavy (non-hydrogen) atoms. The molecule has 2 aromatic heterocycles. The van der Waals surface area contributed by atoms with Crippen LogP contribution in [0.15, 0.2) is 18.7 Å². The van der Waals surface area contributed by atoms with Crippen LogP contribution in [-0.4, -0.2) is 24.7 Å². The fraction of sp³-hybridized carbons (Fsp3) is 0.500. The molecule has 96 valence electrons. The summed E-state index contributed by atoms with van der Waals surface area (Å²) in [6, 6.07) is 2.02. The van der Waals surface area contributed by atoms with Crippen molar-refractivity contribution in [1.29, 1.82) is 0 Å². The molecule has 0 aliphatic heterocycles. The molecule has 0 radical (unpaired) electrons. The van der Waals surface area contributed by atoms with E-state index in [-0.39, 0.29) is 6.04 Å². The van der Waals surface area contributed by atoms with E-state index in [2.05, 4.69) is 39.3 Å². The highest BCUT2D eigenvalue weighted by atomic mass is 15.3. The van der Waals surface area contributed by atoms with Gasteiger partial charge in [-0.25, -0.2) is 9.97 Å². The maximum Gasteiger partial charge on any atom is 0.154 e. The Morgan fingerprint density at radius 2 is 2.00 bits per heavy atom. The zero-order chi connectivity index (χ0) is 13.1. The van der Waals surface area contributed by atoms with E-state index in [1.54, 1.807) is 12.7 Å². The van der Waals surface area contributed by atoms with Crippen molar-refractivity contribution >= 4 is 5.82 Å². The van der Waals surface area contributed by atoms with Gasteiger partial charge in [0, 0.05) is 18.8 Å². The van der Waals surface area contributed by atoms with Crippen LogP contribution in [-0.2, 0) is 7.05 Å².